The monoisotopic (exact) mass is 283 g/mol. The second-order valence-electron chi connectivity index (χ2n) is 5.44. The van der Waals surface area contributed by atoms with Crippen molar-refractivity contribution in [1.82, 2.24) is 0 Å². The van der Waals surface area contributed by atoms with Gasteiger partial charge in [-0.15, -0.1) is 0 Å². The Morgan fingerprint density at radius 2 is 1.67 bits per heavy atom. The van der Waals surface area contributed by atoms with Crippen LogP contribution in [-0.4, -0.2) is 14.2 Å². The van der Waals surface area contributed by atoms with Crippen LogP contribution >= 0.6 is 0 Å². The van der Waals surface area contributed by atoms with Gasteiger partial charge in [0.2, 0.25) is 0 Å². The summed E-state index contributed by atoms with van der Waals surface area (Å²) in [5.74, 6) is 2.31. The predicted octanol–water partition coefficient (Wildman–Crippen LogP) is 4.19. The van der Waals surface area contributed by atoms with Crippen LogP contribution in [0.5, 0.6) is 11.5 Å². The molecule has 110 valence electrons. The van der Waals surface area contributed by atoms with E-state index >= 15 is 0 Å². The van der Waals surface area contributed by atoms with E-state index in [9.17, 15) is 0 Å². The van der Waals surface area contributed by atoms with Crippen molar-refractivity contribution in [2.24, 2.45) is 0 Å². The van der Waals surface area contributed by atoms with E-state index in [2.05, 4.69) is 29.6 Å². The third-order valence-electron chi connectivity index (χ3n) is 3.91. The van der Waals surface area contributed by atoms with Crippen LogP contribution in [-0.2, 0) is 6.54 Å². The molecule has 0 amide bonds. The highest BCUT2D eigenvalue weighted by molar-refractivity contribution is 5.55. The second-order valence-corrected chi connectivity index (χ2v) is 5.44. The number of rotatable bonds is 6. The van der Waals surface area contributed by atoms with Crippen LogP contribution in [0, 0.1) is 0 Å². The summed E-state index contributed by atoms with van der Waals surface area (Å²) in [6.45, 7) is 0.806. The fourth-order valence-electron chi connectivity index (χ4n) is 2.47. The Kier molecular flexibility index (Phi) is 4.00. The summed E-state index contributed by atoms with van der Waals surface area (Å²) in [6.07, 6.45) is 2.70. The lowest BCUT2D eigenvalue weighted by molar-refractivity contribution is 0.355. The predicted molar refractivity (Wildman–Crippen MR) is 85.3 cm³/mol. The summed E-state index contributed by atoms with van der Waals surface area (Å²) in [7, 11) is 3.30. The minimum atomic E-state index is 0.742. The summed E-state index contributed by atoms with van der Waals surface area (Å²) >= 11 is 0. The molecule has 2 aromatic rings. The van der Waals surface area contributed by atoms with Crippen molar-refractivity contribution in [2.45, 2.75) is 25.3 Å². The minimum absolute atomic E-state index is 0.742. The topological polar surface area (TPSA) is 30.5 Å². The lowest BCUT2D eigenvalue weighted by Crippen LogP contribution is -2.00. The molecule has 0 spiro atoms. The first-order valence-corrected chi connectivity index (χ1v) is 7.35. The van der Waals surface area contributed by atoms with E-state index in [1.165, 1.54) is 24.0 Å². The molecule has 0 aliphatic heterocycles. The normalized spacial score (nSPS) is 13.8. The molecule has 3 heteroatoms. The molecule has 3 nitrogen and oxygen atoms in total. The van der Waals surface area contributed by atoms with Gasteiger partial charge in [0.25, 0.3) is 0 Å². The van der Waals surface area contributed by atoms with Gasteiger partial charge in [0.05, 0.1) is 14.2 Å². The fourth-order valence-corrected chi connectivity index (χ4v) is 2.47. The number of nitrogens with one attached hydrogen (secondary N) is 1. The van der Waals surface area contributed by atoms with Crippen LogP contribution < -0.4 is 14.8 Å². The maximum Gasteiger partial charge on any atom is 0.162 e. The average molecular weight is 283 g/mol. The number of methoxy groups -OCH3 is 2. The van der Waals surface area contributed by atoms with Crippen LogP contribution in [0.25, 0.3) is 0 Å². The molecule has 1 fully saturated rings. The lowest BCUT2D eigenvalue weighted by Gasteiger charge is -2.11. The number of anilines is 1. The Bertz CT molecular complexity index is 603. The molecule has 0 atom stereocenters. The van der Waals surface area contributed by atoms with Gasteiger partial charge >= 0.3 is 0 Å². The maximum absolute atomic E-state index is 5.31. The van der Waals surface area contributed by atoms with Gasteiger partial charge in [-0.05, 0) is 42.0 Å². The molecule has 0 aromatic heterocycles. The molecule has 0 radical (unpaired) electrons. The standard InChI is InChI=1S/C18H21NO2/c1-20-17-10-9-16(11-18(17)21-2)19-12-13-3-5-14(6-4-13)15-7-8-15/h3-6,9-11,15,19H,7-8,12H2,1-2H3. The highest BCUT2D eigenvalue weighted by atomic mass is 16.5. The zero-order valence-corrected chi connectivity index (χ0v) is 12.6. The minimum Gasteiger partial charge on any atom is -0.493 e. The van der Waals surface area contributed by atoms with Gasteiger partial charge in [0.1, 0.15) is 0 Å². The van der Waals surface area contributed by atoms with E-state index in [-0.39, 0.29) is 0 Å². The van der Waals surface area contributed by atoms with Crippen molar-refractivity contribution in [3.05, 3.63) is 53.6 Å². The van der Waals surface area contributed by atoms with Crippen LogP contribution in [0.1, 0.15) is 29.9 Å². The van der Waals surface area contributed by atoms with E-state index in [1.807, 2.05) is 18.2 Å². The van der Waals surface area contributed by atoms with Gasteiger partial charge in [-0.3, -0.25) is 0 Å². The molecule has 0 bridgehead atoms. The van der Waals surface area contributed by atoms with Crippen molar-refractivity contribution in [1.29, 1.82) is 0 Å². The third kappa shape index (κ3) is 3.30. The average Bonchev–Trinajstić information content (AvgIpc) is 3.38. The summed E-state index contributed by atoms with van der Waals surface area (Å²) in [5.41, 5.74) is 3.79. The number of ether oxygens (including phenoxy) is 2. The summed E-state index contributed by atoms with van der Waals surface area (Å²) in [5, 5.41) is 3.42. The first kappa shape index (κ1) is 13.8. The van der Waals surface area contributed by atoms with E-state index in [4.69, 9.17) is 9.47 Å². The third-order valence-corrected chi connectivity index (χ3v) is 3.91. The van der Waals surface area contributed by atoms with Crippen LogP contribution in [0.3, 0.4) is 0 Å². The fraction of sp³-hybridized carbons (Fsp3) is 0.333. The van der Waals surface area contributed by atoms with Crippen LogP contribution in [0.15, 0.2) is 42.5 Å². The Morgan fingerprint density at radius 1 is 0.952 bits per heavy atom. The van der Waals surface area contributed by atoms with Crippen LogP contribution in [0.2, 0.25) is 0 Å². The van der Waals surface area contributed by atoms with E-state index in [0.717, 1.165) is 29.6 Å². The molecule has 1 aliphatic rings. The molecule has 0 unspecified atom stereocenters. The van der Waals surface area contributed by atoms with E-state index < -0.39 is 0 Å². The molecule has 0 heterocycles. The van der Waals surface area contributed by atoms with Gasteiger partial charge < -0.3 is 14.8 Å². The molecule has 3 rings (SSSR count). The maximum atomic E-state index is 5.31. The summed E-state index contributed by atoms with van der Waals surface area (Å²) < 4.78 is 10.6. The lowest BCUT2D eigenvalue weighted by atomic mass is 10.1. The molecule has 1 aliphatic carbocycles. The van der Waals surface area contributed by atoms with Crippen molar-refractivity contribution < 1.29 is 9.47 Å². The summed E-state index contributed by atoms with van der Waals surface area (Å²) in [4.78, 5) is 0. The van der Waals surface area contributed by atoms with Crippen molar-refractivity contribution in [3.63, 3.8) is 0 Å². The first-order valence-electron chi connectivity index (χ1n) is 7.35. The molecule has 0 saturated heterocycles. The number of benzene rings is 2. The number of hydrogen-bond donors (Lipinski definition) is 1. The smallest absolute Gasteiger partial charge is 0.162 e. The molecule has 1 N–H and O–H groups in total. The van der Waals surface area contributed by atoms with Gasteiger partial charge in [-0.1, -0.05) is 24.3 Å². The Hall–Kier alpha value is -2.16. The molecular formula is C18H21NO2. The Balaban J connectivity index is 1.63. The van der Waals surface area contributed by atoms with Gasteiger partial charge in [-0.2, -0.15) is 0 Å². The van der Waals surface area contributed by atoms with E-state index in [0.29, 0.717) is 0 Å². The number of hydrogen-bond acceptors (Lipinski definition) is 3. The molecular weight excluding hydrogens is 262 g/mol. The van der Waals surface area contributed by atoms with Gasteiger partial charge in [0.15, 0.2) is 11.5 Å². The Morgan fingerprint density at radius 3 is 2.29 bits per heavy atom. The van der Waals surface area contributed by atoms with E-state index in [1.54, 1.807) is 14.2 Å². The van der Waals surface area contributed by atoms with Gasteiger partial charge in [-0.25, -0.2) is 0 Å². The summed E-state index contributed by atoms with van der Waals surface area (Å²) in [6, 6.07) is 14.8. The highest BCUT2D eigenvalue weighted by Crippen LogP contribution is 2.39. The Labute approximate surface area is 125 Å². The van der Waals surface area contributed by atoms with Crippen LogP contribution in [0.4, 0.5) is 5.69 Å². The quantitative estimate of drug-likeness (QED) is 0.862. The second kappa shape index (κ2) is 6.08. The van der Waals surface area contributed by atoms with Gasteiger partial charge in [0, 0.05) is 18.3 Å². The van der Waals surface area contributed by atoms with Crippen molar-refractivity contribution in [2.75, 3.05) is 19.5 Å². The zero-order valence-electron chi connectivity index (χ0n) is 12.6. The molecule has 1 saturated carbocycles. The zero-order chi connectivity index (χ0) is 14.7. The largest absolute Gasteiger partial charge is 0.493 e. The molecule has 2 aromatic carbocycles. The first-order chi connectivity index (χ1) is 10.3. The highest BCUT2D eigenvalue weighted by Gasteiger charge is 2.22. The SMILES string of the molecule is COc1ccc(NCc2ccc(C3CC3)cc2)cc1OC. The van der Waals surface area contributed by atoms with Crippen molar-refractivity contribution >= 4 is 5.69 Å². The van der Waals surface area contributed by atoms with Crippen molar-refractivity contribution in [3.8, 4) is 11.5 Å². The molecule has 21 heavy (non-hydrogen) atoms.